The lowest BCUT2D eigenvalue weighted by molar-refractivity contribution is -0.149. The van der Waals surface area contributed by atoms with Crippen molar-refractivity contribution in [3.8, 4) is 0 Å². The van der Waals surface area contributed by atoms with Gasteiger partial charge in [0.2, 0.25) is 23.6 Å². The third-order valence-electron chi connectivity index (χ3n) is 18.7. The van der Waals surface area contributed by atoms with Gasteiger partial charge in [0, 0.05) is 109 Å². The molecule has 6 N–H and O–H groups in total. The van der Waals surface area contributed by atoms with Gasteiger partial charge in [0.15, 0.2) is 11.6 Å². The molecule has 0 aliphatic carbocycles. The zero-order valence-electron chi connectivity index (χ0n) is 58.1. The van der Waals surface area contributed by atoms with Crippen molar-refractivity contribution in [3.63, 3.8) is 0 Å². The van der Waals surface area contributed by atoms with E-state index in [2.05, 4.69) is 16.0 Å². The lowest BCUT2D eigenvalue weighted by Gasteiger charge is -2.41. The normalized spacial score (nSPS) is 17.5. The predicted octanol–water partition coefficient (Wildman–Crippen LogP) is 8.35. The first-order chi connectivity index (χ1) is 44.5. The Hall–Kier alpha value is -7.37. The second-order valence-corrected chi connectivity index (χ2v) is 26.7. The summed E-state index contributed by atoms with van der Waals surface area (Å²) in [5.41, 5.74) is 6.94. The smallest absolute Gasteiger partial charge is 0.410 e. The molecule has 2 aliphatic heterocycles. The molecule has 23 nitrogen and oxygen atoms in total. The molecule has 4 rings (SSSR count). The lowest BCUT2D eigenvalue weighted by Crippen LogP contribution is -2.54. The number of primary amides is 1. The highest BCUT2D eigenvalue weighted by Gasteiger charge is 2.44. The summed E-state index contributed by atoms with van der Waals surface area (Å²) in [6, 6.07) is 12.2. The van der Waals surface area contributed by atoms with Crippen molar-refractivity contribution in [3.05, 3.63) is 77.9 Å². The number of unbranched alkanes of at least 4 members (excludes halogenated alkanes) is 2. The molecule has 1 saturated heterocycles. The van der Waals surface area contributed by atoms with Gasteiger partial charge >= 0.3 is 12.1 Å². The molecule has 2 aromatic rings. The van der Waals surface area contributed by atoms with Crippen molar-refractivity contribution in [2.75, 3.05) is 53.3 Å². The van der Waals surface area contributed by atoms with E-state index in [0.717, 1.165) is 10.5 Å². The zero-order chi connectivity index (χ0) is 70.1. The average molecular weight is 1310 g/mol. The van der Waals surface area contributed by atoms with Crippen LogP contribution < -0.4 is 21.7 Å². The van der Waals surface area contributed by atoms with Crippen LogP contribution in [0.1, 0.15) is 170 Å². The van der Waals surface area contributed by atoms with Gasteiger partial charge in [-0.1, -0.05) is 125 Å². The van der Waals surface area contributed by atoms with E-state index in [-0.39, 0.29) is 141 Å². The van der Waals surface area contributed by atoms with E-state index >= 15 is 0 Å². The number of carbonyl (C=O) groups is 11. The van der Waals surface area contributed by atoms with Gasteiger partial charge in [-0.2, -0.15) is 0 Å². The maximum Gasteiger partial charge on any atom is 0.410 e. The van der Waals surface area contributed by atoms with Crippen LogP contribution in [-0.4, -0.2) is 174 Å². The third kappa shape index (κ3) is 23.2. The number of hydrogen-bond acceptors (Lipinski definition) is 15. The SMILES string of the molecule is CC[C@H](C)[C@@H]([C@@H](CC(=O)N1CCC[C@H]1[C@H](OC)[C@@H](C)C(=O)C[C@H](C)[C@@H](O)c1ccccc1)OC)N(C)C(=O)C(CC(=O)[C@H](C(C)C)N(C)C(=O)OCc1ccc(NC(=O)[C@H](CCCNC(N)=O)CC(=O)[C@@H](NC(=O)CCCCCN2C(=O)C=CC2=O)C(C)C)cc1)C(C)C. The third-order valence-corrected chi connectivity index (χ3v) is 18.7. The van der Waals surface area contributed by atoms with Crippen molar-refractivity contribution in [1.29, 1.82) is 0 Å². The van der Waals surface area contributed by atoms with Gasteiger partial charge < -0.3 is 55.7 Å². The lowest BCUT2D eigenvalue weighted by atomic mass is 9.83. The van der Waals surface area contributed by atoms with E-state index in [4.69, 9.17) is 19.9 Å². The number of Topliss-reactive ketones (excluding diaryl/α,β-unsaturated/α-hetero) is 3. The van der Waals surface area contributed by atoms with Crippen LogP contribution in [0, 0.1) is 47.3 Å². The molecule has 9 amide bonds. The van der Waals surface area contributed by atoms with E-state index in [1.165, 1.54) is 31.2 Å². The monoisotopic (exact) mass is 1310 g/mol. The molecule has 0 spiro atoms. The number of likely N-dealkylation sites (N-methyl/N-ethyl adjacent to an activating group) is 2. The van der Waals surface area contributed by atoms with Crippen LogP contribution in [0.5, 0.6) is 0 Å². The number of anilines is 1. The first-order valence-corrected chi connectivity index (χ1v) is 33.6. The van der Waals surface area contributed by atoms with Crippen LogP contribution in [0.4, 0.5) is 15.3 Å². The largest absolute Gasteiger partial charge is 0.445 e. The maximum absolute atomic E-state index is 14.9. The second kappa shape index (κ2) is 38.9. The van der Waals surface area contributed by atoms with E-state index in [1.807, 2.05) is 85.7 Å². The van der Waals surface area contributed by atoms with E-state index in [9.17, 15) is 57.8 Å². The van der Waals surface area contributed by atoms with E-state index in [0.29, 0.717) is 62.7 Å². The van der Waals surface area contributed by atoms with Crippen LogP contribution in [0.2, 0.25) is 0 Å². The number of likely N-dealkylation sites (tertiary alicyclic amines) is 1. The molecule has 0 radical (unpaired) electrons. The van der Waals surface area contributed by atoms with Crippen LogP contribution >= 0.6 is 0 Å². The first kappa shape index (κ1) is 79.1. The summed E-state index contributed by atoms with van der Waals surface area (Å²) < 4.78 is 17.9. The molecular formula is C71H108N8O15. The maximum atomic E-state index is 14.9. The van der Waals surface area contributed by atoms with Crippen molar-refractivity contribution >= 4 is 70.6 Å². The molecule has 2 aromatic carbocycles. The quantitative estimate of drug-likeness (QED) is 0.0309. The molecule has 0 bridgehead atoms. The highest BCUT2D eigenvalue weighted by atomic mass is 16.6. The summed E-state index contributed by atoms with van der Waals surface area (Å²) in [5, 5.41) is 19.2. The van der Waals surface area contributed by atoms with Gasteiger partial charge in [-0.25, -0.2) is 9.59 Å². The standard InChI is InChI=1S/C71H108N8O15/c1-15-46(8)65(58(92-13)41-62(86)78-37-23-27-54(78)67(93-14)48(10)55(80)38-47(9)66(87)50-24-18-16-19-25-50)76(11)69(89)53(43(2)3)40-57(82)64(45(6)7)77(12)71(91)94-42-49-29-31-52(32-30-49)74-68(88)51(26-22-35-73-70(72)90)39-56(81)63(44(4)5)75-59(83)28-20-17-21-36-79-60(84)33-34-61(79)85/h16,18-19,24-25,29-34,43-48,51,53-54,58,63-67,87H,15,17,20-23,26-28,35-42H2,1-14H3,(H,74,88)(H,75,83)(H3,72,73,90)/t46-,47-,48-,51+,53?,54-,58+,63-,64-,65-,66+,67+/m0/s1. The molecule has 12 atom stereocenters. The topological polar surface area (TPSA) is 311 Å². The Labute approximate surface area is 556 Å². The number of rotatable bonds is 41. The molecular weight excluding hydrogens is 1200 g/mol. The summed E-state index contributed by atoms with van der Waals surface area (Å²) in [6.45, 7) is 19.3. The average Bonchev–Trinajstić information content (AvgIpc) is 1.33. The number of nitrogens with zero attached hydrogens (tertiary/aromatic N) is 4. The molecule has 23 heteroatoms. The number of methoxy groups -OCH3 is 2. The number of amides is 9. The number of nitrogens with one attached hydrogen (secondary N) is 3. The minimum atomic E-state index is -0.966. The van der Waals surface area contributed by atoms with Crippen molar-refractivity contribution in [2.24, 2.45) is 53.1 Å². The van der Waals surface area contributed by atoms with Crippen molar-refractivity contribution in [1.82, 2.24) is 30.2 Å². The number of aliphatic hydroxyl groups is 1. The fourth-order valence-electron chi connectivity index (χ4n) is 13.0. The highest BCUT2D eigenvalue weighted by molar-refractivity contribution is 6.12. The van der Waals surface area contributed by atoms with Gasteiger partial charge in [-0.15, -0.1) is 0 Å². The molecule has 1 unspecified atom stereocenters. The molecule has 0 saturated carbocycles. The minimum absolute atomic E-state index is 0.0541. The number of imide groups is 1. The molecule has 94 heavy (non-hydrogen) atoms. The predicted molar refractivity (Wildman–Crippen MR) is 357 cm³/mol. The summed E-state index contributed by atoms with van der Waals surface area (Å²) in [7, 11) is 6.24. The number of benzene rings is 2. The van der Waals surface area contributed by atoms with Crippen LogP contribution in [-0.2, 0) is 64.0 Å². The Kier molecular flexibility index (Phi) is 32.7. The number of urea groups is 1. The summed E-state index contributed by atoms with van der Waals surface area (Å²) >= 11 is 0. The number of nitrogens with two attached hydrogens (primary N) is 1. The minimum Gasteiger partial charge on any atom is -0.445 e. The van der Waals surface area contributed by atoms with Crippen LogP contribution in [0.25, 0.3) is 0 Å². The van der Waals surface area contributed by atoms with Crippen LogP contribution in [0.15, 0.2) is 66.7 Å². The Morgan fingerprint density at radius 3 is 1.95 bits per heavy atom. The van der Waals surface area contributed by atoms with Gasteiger partial charge in [0.1, 0.15) is 12.4 Å². The molecule has 1 fully saturated rings. The van der Waals surface area contributed by atoms with Gasteiger partial charge in [0.05, 0.1) is 48.9 Å². The summed E-state index contributed by atoms with van der Waals surface area (Å²) in [6.07, 6.45) is 3.38. The fraction of sp³-hybridized carbons (Fsp3) is 0.648. The number of ether oxygens (including phenoxy) is 3. The van der Waals surface area contributed by atoms with Gasteiger partial charge in [-0.3, -0.25) is 48.1 Å². The van der Waals surface area contributed by atoms with Crippen molar-refractivity contribution in [2.45, 2.75) is 202 Å². The van der Waals surface area contributed by atoms with E-state index < -0.39 is 72.2 Å². The second-order valence-electron chi connectivity index (χ2n) is 26.7. The zero-order valence-corrected chi connectivity index (χ0v) is 58.1. The number of aliphatic hydroxyl groups excluding tert-OH is 1. The Morgan fingerprint density at radius 2 is 1.37 bits per heavy atom. The summed E-state index contributed by atoms with van der Waals surface area (Å²) in [4.78, 5) is 153. The van der Waals surface area contributed by atoms with Gasteiger partial charge in [-0.05, 0) is 91.4 Å². The first-order valence-electron chi connectivity index (χ1n) is 33.6. The molecule has 0 aromatic heterocycles. The Balaban J connectivity index is 1.37. The summed E-state index contributed by atoms with van der Waals surface area (Å²) in [5.74, 6) is -6.50. The molecule has 2 aliphatic rings. The number of ketones is 3. The highest BCUT2D eigenvalue weighted by Crippen LogP contribution is 2.34. The Morgan fingerprint density at radius 1 is 0.723 bits per heavy atom. The van der Waals surface area contributed by atoms with Gasteiger partial charge in [0.25, 0.3) is 11.8 Å². The number of hydrogen-bond donors (Lipinski definition) is 5. The number of carbonyl (C=O) groups excluding carboxylic acids is 11. The van der Waals surface area contributed by atoms with Crippen molar-refractivity contribution < 1.29 is 72.1 Å². The fourth-order valence-corrected chi connectivity index (χ4v) is 13.0. The Bertz CT molecular complexity index is 2870. The van der Waals surface area contributed by atoms with Crippen LogP contribution in [0.3, 0.4) is 0 Å². The van der Waals surface area contributed by atoms with E-state index in [1.54, 1.807) is 62.1 Å². The molecule has 2 heterocycles. The molecule has 522 valence electrons.